The standard InChI is InChI=1S/C23H20ClN3O3S/c1-26-17-12-16(25-22(28)14-8-4-6-10-19(14)30-3)21(13-18(17)27(2)23(26)29)31-20-11-7-5-9-15(20)24/h4-13H,1-3H3,(H,25,28). The van der Waals surface area contributed by atoms with Crippen LogP contribution >= 0.6 is 23.4 Å². The Hall–Kier alpha value is -3.16. The Kier molecular flexibility index (Phi) is 5.80. The minimum absolute atomic E-state index is 0.142. The zero-order valence-electron chi connectivity index (χ0n) is 17.2. The average Bonchev–Trinajstić information content (AvgIpc) is 2.99. The topological polar surface area (TPSA) is 65.3 Å². The van der Waals surface area contributed by atoms with E-state index in [4.69, 9.17) is 16.3 Å². The van der Waals surface area contributed by atoms with Gasteiger partial charge in [-0.2, -0.15) is 0 Å². The Morgan fingerprint density at radius 3 is 2.32 bits per heavy atom. The largest absolute Gasteiger partial charge is 0.496 e. The zero-order chi connectivity index (χ0) is 22.1. The monoisotopic (exact) mass is 453 g/mol. The summed E-state index contributed by atoms with van der Waals surface area (Å²) in [5.41, 5.74) is 2.33. The molecule has 0 aliphatic heterocycles. The summed E-state index contributed by atoms with van der Waals surface area (Å²) in [6.45, 7) is 0. The van der Waals surface area contributed by atoms with Crippen molar-refractivity contribution in [2.24, 2.45) is 14.1 Å². The molecule has 1 aromatic heterocycles. The van der Waals surface area contributed by atoms with Crippen LogP contribution in [0.5, 0.6) is 5.75 Å². The highest BCUT2D eigenvalue weighted by atomic mass is 35.5. The number of imidazole rings is 1. The molecule has 0 aliphatic carbocycles. The maximum absolute atomic E-state index is 13.1. The number of para-hydroxylation sites is 1. The van der Waals surface area contributed by atoms with E-state index in [1.54, 1.807) is 47.5 Å². The fourth-order valence-electron chi connectivity index (χ4n) is 3.38. The molecule has 0 saturated carbocycles. The van der Waals surface area contributed by atoms with E-state index in [2.05, 4.69) is 5.32 Å². The molecule has 0 radical (unpaired) electrons. The third-order valence-electron chi connectivity index (χ3n) is 5.03. The molecular formula is C23H20ClN3O3S. The molecule has 4 aromatic rings. The molecule has 1 amide bonds. The number of benzene rings is 3. The number of aryl methyl sites for hydroxylation is 2. The van der Waals surface area contributed by atoms with Crippen LogP contribution in [0.2, 0.25) is 5.02 Å². The molecule has 0 atom stereocenters. The lowest BCUT2D eigenvalue weighted by atomic mass is 10.1. The van der Waals surface area contributed by atoms with Crippen molar-refractivity contribution in [2.75, 3.05) is 12.4 Å². The summed E-state index contributed by atoms with van der Waals surface area (Å²) in [6.07, 6.45) is 0. The van der Waals surface area contributed by atoms with Gasteiger partial charge >= 0.3 is 5.69 Å². The third kappa shape index (κ3) is 3.94. The third-order valence-corrected chi connectivity index (χ3v) is 6.60. The fraction of sp³-hybridized carbons (Fsp3) is 0.130. The Bertz CT molecular complexity index is 1360. The smallest absolute Gasteiger partial charge is 0.328 e. The molecule has 0 aliphatic rings. The number of aromatic nitrogens is 2. The number of hydrogen-bond donors (Lipinski definition) is 1. The van der Waals surface area contributed by atoms with Gasteiger partial charge in [-0.05, 0) is 36.4 Å². The number of methoxy groups -OCH3 is 1. The fourth-order valence-corrected chi connectivity index (χ4v) is 4.57. The normalized spacial score (nSPS) is 11.0. The molecule has 0 fully saturated rings. The van der Waals surface area contributed by atoms with Gasteiger partial charge in [-0.3, -0.25) is 13.9 Å². The number of ether oxygens (including phenoxy) is 1. The van der Waals surface area contributed by atoms with Gasteiger partial charge in [-0.25, -0.2) is 4.79 Å². The maximum Gasteiger partial charge on any atom is 0.328 e. The van der Waals surface area contributed by atoms with Gasteiger partial charge in [-0.15, -0.1) is 0 Å². The van der Waals surface area contributed by atoms with Gasteiger partial charge in [0.25, 0.3) is 5.91 Å². The Labute approximate surface area is 188 Å². The summed E-state index contributed by atoms with van der Waals surface area (Å²) in [5.74, 6) is 0.173. The number of carbonyl (C=O) groups is 1. The first-order valence-corrected chi connectivity index (χ1v) is 10.7. The predicted molar refractivity (Wildman–Crippen MR) is 125 cm³/mol. The predicted octanol–water partition coefficient (Wildman–Crippen LogP) is 4.94. The van der Waals surface area contributed by atoms with Crippen LogP contribution in [-0.4, -0.2) is 22.2 Å². The van der Waals surface area contributed by atoms with Crippen molar-refractivity contribution in [2.45, 2.75) is 9.79 Å². The number of halogens is 1. The molecule has 4 rings (SSSR count). The lowest BCUT2D eigenvalue weighted by Crippen LogP contribution is -2.19. The second kappa shape index (κ2) is 8.53. The van der Waals surface area contributed by atoms with Gasteiger partial charge in [0.1, 0.15) is 5.75 Å². The molecule has 1 N–H and O–H groups in total. The number of nitrogens with zero attached hydrogens (tertiary/aromatic N) is 2. The van der Waals surface area contributed by atoms with E-state index in [0.29, 0.717) is 27.5 Å². The van der Waals surface area contributed by atoms with E-state index < -0.39 is 0 Å². The van der Waals surface area contributed by atoms with Crippen LogP contribution in [0.4, 0.5) is 5.69 Å². The average molecular weight is 454 g/mol. The van der Waals surface area contributed by atoms with Crippen LogP contribution in [0, 0.1) is 0 Å². The van der Waals surface area contributed by atoms with E-state index >= 15 is 0 Å². The summed E-state index contributed by atoms with van der Waals surface area (Å²) in [7, 11) is 4.95. The Morgan fingerprint density at radius 1 is 0.968 bits per heavy atom. The summed E-state index contributed by atoms with van der Waals surface area (Å²) >= 11 is 7.79. The van der Waals surface area contributed by atoms with E-state index in [1.807, 2.05) is 36.4 Å². The molecule has 0 saturated heterocycles. The molecule has 158 valence electrons. The van der Waals surface area contributed by atoms with Crippen LogP contribution in [0.3, 0.4) is 0 Å². The van der Waals surface area contributed by atoms with Crippen molar-refractivity contribution in [3.8, 4) is 5.75 Å². The van der Waals surface area contributed by atoms with Gasteiger partial charge in [-0.1, -0.05) is 47.6 Å². The van der Waals surface area contributed by atoms with Crippen molar-refractivity contribution in [1.82, 2.24) is 9.13 Å². The number of amides is 1. The number of nitrogens with one attached hydrogen (secondary N) is 1. The molecule has 0 bridgehead atoms. The molecule has 1 heterocycles. The number of rotatable bonds is 5. The van der Waals surface area contributed by atoms with Crippen LogP contribution in [0.25, 0.3) is 11.0 Å². The maximum atomic E-state index is 13.1. The first kappa shape index (κ1) is 21.1. The van der Waals surface area contributed by atoms with Gasteiger partial charge in [0.15, 0.2) is 0 Å². The van der Waals surface area contributed by atoms with E-state index in [-0.39, 0.29) is 11.6 Å². The van der Waals surface area contributed by atoms with E-state index in [1.165, 1.54) is 18.9 Å². The summed E-state index contributed by atoms with van der Waals surface area (Å²) < 4.78 is 8.46. The Morgan fingerprint density at radius 2 is 1.61 bits per heavy atom. The molecule has 3 aromatic carbocycles. The molecule has 6 nitrogen and oxygen atoms in total. The molecule has 0 unspecified atom stereocenters. The zero-order valence-corrected chi connectivity index (χ0v) is 18.8. The van der Waals surface area contributed by atoms with Crippen LogP contribution in [-0.2, 0) is 14.1 Å². The highest BCUT2D eigenvalue weighted by Crippen LogP contribution is 2.39. The minimum Gasteiger partial charge on any atom is -0.496 e. The first-order chi connectivity index (χ1) is 14.9. The molecule has 8 heteroatoms. The van der Waals surface area contributed by atoms with Crippen LogP contribution in [0.1, 0.15) is 10.4 Å². The molecular weight excluding hydrogens is 434 g/mol. The van der Waals surface area contributed by atoms with Gasteiger partial charge in [0, 0.05) is 23.9 Å². The Balaban J connectivity index is 1.83. The van der Waals surface area contributed by atoms with Crippen molar-refractivity contribution in [3.05, 3.63) is 81.7 Å². The lowest BCUT2D eigenvalue weighted by molar-refractivity contribution is 0.102. The van der Waals surface area contributed by atoms with Gasteiger partial charge in [0.2, 0.25) is 0 Å². The van der Waals surface area contributed by atoms with Crippen LogP contribution < -0.4 is 15.7 Å². The molecule has 31 heavy (non-hydrogen) atoms. The lowest BCUT2D eigenvalue weighted by Gasteiger charge is -2.14. The van der Waals surface area contributed by atoms with Crippen molar-refractivity contribution in [1.29, 1.82) is 0 Å². The van der Waals surface area contributed by atoms with Crippen molar-refractivity contribution < 1.29 is 9.53 Å². The second-order valence-electron chi connectivity index (χ2n) is 6.92. The van der Waals surface area contributed by atoms with Crippen molar-refractivity contribution >= 4 is 46.0 Å². The SMILES string of the molecule is COc1ccccc1C(=O)Nc1cc2c(cc1Sc1ccccc1Cl)n(C)c(=O)n2C. The number of anilines is 1. The summed E-state index contributed by atoms with van der Waals surface area (Å²) in [5, 5.41) is 3.59. The van der Waals surface area contributed by atoms with Crippen molar-refractivity contribution in [3.63, 3.8) is 0 Å². The number of carbonyl (C=O) groups excluding carboxylic acids is 1. The summed E-state index contributed by atoms with van der Waals surface area (Å²) in [6, 6.07) is 18.2. The first-order valence-electron chi connectivity index (χ1n) is 9.47. The minimum atomic E-state index is -0.307. The number of hydrogen-bond acceptors (Lipinski definition) is 4. The van der Waals surface area contributed by atoms with E-state index in [0.717, 1.165) is 15.3 Å². The quantitative estimate of drug-likeness (QED) is 0.464. The second-order valence-corrected chi connectivity index (χ2v) is 8.42. The molecule has 0 spiro atoms. The highest BCUT2D eigenvalue weighted by Gasteiger charge is 2.18. The van der Waals surface area contributed by atoms with Gasteiger partial charge < -0.3 is 10.1 Å². The number of fused-ring (bicyclic) bond motifs is 1. The summed E-state index contributed by atoms with van der Waals surface area (Å²) in [4.78, 5) is 27.1. The van der Waals surface area contributed by atoms with Crippen LogP contribution in [0.15, 0.2) is 75.2 Å². The van der Waals surface area contributed by atoms with Gasteiger partial charge in [0.05, 0.1) is 34.4 Å². The highest BCUT2D eigenvalue weighted by molar-refractivity contribution is 7.99. The van der Waals surface area contributed by atoms with E-state index in [9.17, 15) is 9.59 Å².